The molecule has 94 valence electrons. The van der Waals surface area contributed by atoms with E-state index >= 15 is 0 Å². The molecular formula is C13H17ClO3. The lowest BCUT2D eigenvalue weighted by Gasteiger charge is -2.20. The molecule has 1 N–H and O–H groups in total. The maximum Gasteiger partial charge on any atom is 0.303 e. The third kappa shape index (κ3) is 3.63. The standard InChI is InChI=1S/C13H17ClO3/c1-8(2)10(7-13(15)16)9-4-5-12(17-3)11(14)6-9/h4-6,8,10H,7H2,1-3H3,(H,15,16). The second kappa shape index (κ2) is 5.92. The number of carboxylic acid groups (broad SMARTS) is 1. The van der Waals surface area contributed by atoms with Crippen molar-refractivity contribution in [1.29, 1.82) is 0 Å². The largest absolute Gasteiger partial charge is 0.495 e. The summed E-state index contributed by atoms with van der Waals surface area (Å²) in [5.41, 5.74) is 0.938. The quantitative estimate of drug-likeness (QED) is 0.876. The van der Waals surface area contributed by atoms with Crippen molar-refractivity contribution in [1.82, 2.24) is 0 Å². The molecule has 0 radical (unpaired) electrons. The van der Waals surface area contributed by atoms with Crippen LogP contribution in [-0.2, 0) is 4.79 Å². The smallest absolute Gasteiger partial charge is 0.303 e. The Bertz CT molecular complexity index is 402. The van der Waals surface area contributed by atoms with Gasteiger partial charge in [-0.3, -0.25) is 4.79 Å². The molecule has 1 aromatic rings. The number of carbonyl (C=O) groups is 1. The maximum absolute atomic E-state index is 10.8. The highest BCUT2D eigenvalue weighted by Gasteiger charge is 2.20. The zero-order chi connectivity index (χ0) is 13.0. The zero-order valence-corrected chi connectivity index (χ0v) is 11.0. The number of ether oxygens (including phenoxy) is 1. The van der Waals surface area contributed by atoms with Crippen molar-refractivity contribution < 1.29 is 14.6 Å². The van der Waals surface area contributed by atoms with Crippen molar-refractivity contribution in [2.45, 2.75) is 26.2 Å². The minimum atomic E-state index is -0.796. The van der Waals surface area contributed by atoms with Gasteiger partial charge in [-0.15, -0.1) is 0 Å². The van der Waals surface area contributed by atoms with Gasteiger partial charge in [0.15, 0.2) is 0 Å². The third-order valence-corrected chi connectivity index (χ3v) is 3.10. The number of hydrogen-bond donors (Lipinski definition) is 1. The molecule has 0 aliphatic rings. The van der Waals surface area contributed by atoms with Crippen LogP contribution >= 0.6 is 11.6 Å². The summed E-state index contributed by atoms with van der Waals surface area (Å²) in [5.74, 6) is 0.0235. The fraction of sp³-hybridized carbons (Fsp3) is 0.462. The van der Waals surface area contributed by atoms with Gasteiger partial charge in [0.05, 0.1) is 18.6 Å². The van der Waals surface area contributed by atoms with E-state index in [1.54, 1.807) is 19.2 Å². The monoisotopic (exact) mass is 256 g/mol. The van der Waals surface area contributed by atoms with Crippen molar-refractivity contribution in [3.63, 3.8) is 0 Å². The van der Waals surface area contributed by atoms with Crippen LogP contribution in [0.15, 0.2) is 18.2 Å². The van der Waals surface area contributed by atoms with Crippen LogP contribution in [0.1, 0.15) is 31.7 Å². The van der Waals surface area contributed by atoms with E-state index in [0.717, 1.165) is 5.56 Å². The van der Waals surface area contributed by atoms with Crippen LogP contribution in [0.3, 0.4) is 0 Å². The van der Waals surface area contributed by atoms with E-state index in [1.165, 1.54) is 0 Å². The van der Waals surface area contributed by atoms with E-state index in [1.807, 2.05) is 19.9 Å². The molecule has 0 fully saturated rings. The van der Waals surface area contributed by atoms with Gasteiger partial charge in [-0.1, -0.05) is 31.5 Å². The minimum Gasteiger partial charge on any atom is -0.495 e. The van der Waals surface area contributed by atoms with Crippen molar-refractivity contribution >= 4 is 17.6 Å². The molecule has 4 heteroatoms. The van der Waals surface area contributed by atoms with Crippen molar-refractivity contribution in [2.24, 2.45) is 5.92 Å². The molecule has 0 heterocycles. The molecule has 1 rings (SSSR count). The predicted octanol–water partition coefficient (Wildman–Crippen LogP) is 3.56. The van der Waals surface area contributed by atoms with Crippen LogP contribution in [0.2, 0.25) is 5.02 Å². The van der Waals surface area contributed by atoms with Crippen molar-refractivity contribution in [2.75, 3.05) is 7.11 Å². The van der Waals surface area contributed by atoms with Gasteiger partial charge in [0.1, 0.15) is 5.75 Å². The molecule has 1 atom stereocenters. The lowest BCUT2D eigenvalue weighted by atomic mass is 9.86. The van der Waals surface area contributed by atoms with Crippen molar-refractivity contribution in [3.8, 4) is 5.75 Å². The Hall–Kier alpha value is -1.22. The normalized spacial score (nSPS) is 12.5. The third-order valence-electron chi connectivity index (χ3n) is 2.80. The molecule has 17 heavy (non-hydrogen) atoms. The molecule has 1 unspecified atom stereocenters. The molecular weight excluding hydrogens is 240 g/mol. The van der Waals surface area contributed by atoms with Gasteiger partial charge >= 0.3 is 5.97 Å². The molecule has 0 saturated heterocycles. The van der Waals surface area contributed by atoms with Crippen LogP contribution in [-0.4, -0.2) is 18.2 Å². The van der Waals surface area contributed by atoms with Crippen molar-refractivity contribution in [3.05, 3.63) is 28.8 Å². The van der Waals surface area contributed by atoms with Gasteiger partial charge in [-0.2, -0.15) is 0 Å². The highest BCUT2D eigenvalue weighted by atomic mass is 35.5. The highest BCUT2D eigenvalue weighted by molar-refractivity contribution is 6.32. The summed E-state index contributed by atoms with van der Waals surface area (Å²) in [6, 6.07) is 5.43. The molecule has 1 aromatic carbocycles. The molecule has 0 spiro atoms. The first kappa shape index (κ1) is 13.8. The second-order valence-electron chi connectivity index (χ2n) is 4.34. The van der Waals surface area contributed by atoms with E-state index in [-0.39, 0.29) is 18.3 Å². The van der Waals surface area contributed by atoms with E-state index in [4.69, 9.17) is 21.4 Å². The summed E-state index contributed by atoms with van der Waals surface area (Å²) in [6.45, 7) is 4.01. The first-order valence-corrected chi connectivity index (χ1v) is 5.88. The van der Waals surface area contributed by atoms with E-state index in [0.29, 0.717) is 10.8 Å². The second-order valence-corrected chi connectivity index (χ2v) is 4.75. The minimum absolute atomic E-state index is 0.0316. The molecule has 3 nitrogen and oxygen atoms in total. The van der Waals surface area contributed by atoms with Gasteiger partial charge in [0.2, 0.25) is 0 Å². The van der Waals surface area contributed by atoms with Gasteiger partial charge in [-0.25, -0.2) is 0 Å². The number of benzene rings is 1. The van der Waals surface area contributed by atoms with Crippen LogP contribution < -0.4 is 4.74 Å². The summed E-state index contributed by atoms with van der Waals surface area (Å²) in [4.78, 5) is 10.8. The number of rotatable bonds is 5. The lowest BCUT2D eigenvalue weighted by molar-refractivity contribution is -0.137. The maximum atomic E-state index is 10.8. The topological polar surface area (TPSA) is 46.5 Å². The van der Waals surface area contributed by atoms with Crippen LogP contribution in [0, 0.1) is 5.92 Å². The Balaban J connectivity index is 3.02. The number of aliphatic carboxylic acids is 1. The fourth-order valence-electron chi connectivity index (χ4n) is 1.84. The van der Waals surface area contributed by atoms with Crippen LogP contribution in [0.5, 0.6) is 5.75 Å². The Kier molecular flexibility index (Phi) is 4.82. The summed E-state index contributed by atoms with van der Waals surface area (Å²) >= 11 is 6.04. The summed E-state index contributed by atoms with van der Waals surface area (Å²) < 4.78 is 5.07. The average Bonchev–Trinajstić information content (AvgIpc) is 2.25. The summed E-state index contributed by atoms with van der Waals surface area (Å²) in [7, 11) is 1.55. The first-order valence-electron chi connectivity index (χ1n) is 5.51. The highest BCUT2D eigenvalue weighted by Crippen LogP contribution is 2.33. The Morgan fingerprint density at radius 1 is 1.47 bits per heavy atom. The molecule has 0 saturated carbocycles. The number of halogens is 1. The van der Waals surface area contributed by atoms with E-state index in [2.05, 4.69) is 0 Å². The average molecular weight is 257 g/mol. The Morgan fingerprint density at radius 2 is 2.12 bits per heavy atom. The SMILES string of the molecule is COc1ccc(C(CC(=O)O)C(C)C)cc1Cl. The first-order chi connectivity index (χ1) is 7.95. The van der Waals surface area contributed by atoms with Gasteiger partial charge in [-0.05, 0) is 29.5 Å². The van der Waals surface area contributed by atoms with E-state index in [9.17, 15) is 4.79 Å². The number of methoxy groups -OCH3 is 1. The number of hydrogen-bond acceptors (Lipinski definition) is 2. The van der Waals surface area contributed by atoms with Gasteiger partial charge in [0.25, 0.3) is 0 Å². The lowest BCUT2D eigenvalue weighted by Crippen LogP contribution is -2.12. The Morgan fingerprint density at radius 3 is 2.53 bits per heavy atom. The summed E-state index contributed by atoms with van der Waals surface area (Å²) in [5, 5.41) is 9.42. The summed E-state index contributed by atoms with van der Waals surface area (Å²) in [6.07, 6.45) is 0.111. The molecule has 0 aliphatic heterocycles. The van der Waals surface area contributed by atoms with Crippen LogP contribution in [0.4, 0.5) is 0 Å². The van der Waals surface area contributed by atoms with Gasteiger partial charge < -0.3 is 9.84 Å². The Labute approximate surface area is 106 Å². The predicted molar refractivity (Wildman–Crippen MR) is 67.8 cm³/mol. The molecule has 0 aliphatic carbocycles. The van der Waals surface area contributed by atoms with Gasteiger partial charge in [0, 0.05) is 0 Å². The molecule has 0 amide bonds. The zero-order valence-electron chi connectivity index (χ0n) is 10.2. The molecule has 0 aromatic heterocycles. The molecule has 0 bridgehead atoms. The fourth-order valence-corrected chi connectivity index (χ4v) is 2.11. The van der Waals surface area contributed by atoms with E-state index < -0.39 is 5.97 Å². The van der Waals surface area contributed by atoms with Crippen LogP contribution in [0.25, 0.3) is 0 Å². The number of carboxylic acids is 1.